The standard InChI is InChI=1S/C19H19N5O3/c1-13(25)22-7-9-23(10-8-22)19(27)15-12-20-24-17(26)11-16(21-18(15)24)14-5-3-2-4-6-14/h2-6,11-12,26H,7-10H2,1H3. The van der Waals surface area contributed by atoms with Gasteiger partial charge in [-0.3, -0.25) is 9.59 Å². The Labute approximate surface area is 155 Å². The number of amides is 2. The number of benzene rings is 1. The zero-order chi connectivity index (χ0) is 19.0. The predicted molar refractivity (Wildman–Crippen MR) is 98.2 cm³/mol. The van der Waals surface area contributed by atoms with Gasteiger partial charge in [0.15, 0.2) is 5.65 Å². The minimum Gasteiger partial charge on any atom is -0.493 e. The Morgan fingerprint density at radius 2 is 1.70 bits per heavy atom. The summed E-state index contributed by atoms with van der Waals surface area (Å²) < 4.78 is 1.26. The van der Waals surface area contributed by atoms with Crippen molar-refractivity contribution in [2.75, 3.05) is 26.2 Å². The van der Waals surface area contributed by atoms with Crippen molar-refractivity contribution in [2.24, 2.45) is 0 Å². The molecule has 0 spiro atoms. The van der Waals surface area contributed by atoms with Gasteiger partial charge in [0.1, 0.15) is 5.56 Å². The van der Waals surface area contributed by atoms with Crippen LogP contribution in [0.5, 0.6) is 5.88 Å². The SMILES string of the molecule is CC(=O)N1CCN(C(=O)c2cnn3c(O)cc(-c4ccccc4)nc23)CC1. The van der Waals surface area contributed by atoms with E-state index in [-0.39, 0.29) is 17.7 Å². The summed E-state index contributed by atoms with van der Waals surface area (Å²) in [5.41, 5.74) is 2.05. The highest BCUT2D eigenvalue weighted by molar-refractivity contribution is 6.00. The zero-order valence-electron chi connectivity index (χ0n) is 14.9. The molecule has 138 valence electrons. The lowest BCUT2D eigenvalue weighted by molar-refractivity contribution is -0.130. The van der Waals surface area contributed by atoms with Gasteiger partial charge in [-0.1, -0.05) is 30.3 Å². The van der Waals surface area contributed by atoms with Crippen molar-refractivity contribution in [3.63, 3.8) is 0 Å². The fourth-order valence-electron chi connectivity index (χ4n) is 3.25. The first-order chi connectivity index (χ1) is 13.0. The minimum absolute atomic E-state index is 0.0113. The van der Waals surface area contributed by atoms with Gasteiger partial charge in [0, 0.05) is 44.7 Å². The maximum Gasteiger partial charge on any atom is 0.259 e. The van der Waals surface area contributed by atoms with E-state index in [1.807, 2.05) is 30.3 Å². The lowest BCUT2D eigenvalue weighted by atomic mass is 10.1. The highest BCUT2D eigenvalue weighted by Gasteiger charge is 2.26. The summed E-state index contributed by atoms with van der Waals surface area (Å²) in [6, 6.07) is 11.0. The third-order valence-electron chi connectivity index (χ3n) is 4.77. The summed E-state index contributed by atoms with van der Waals surface area (Å²) >= 11 is 0. The van der Waals surface area contributed by atoms with E-state index < -0.39 is 0 Å². The largest absolute Gasteiger partial charge is 0.493 e. The molecule has 0 saturated carbocycles. The molecule has 2 amide bonds. The van der Waals surface area contributed by atoms with Crippen LogP contribution in [0.15, 0.2) is 42.6 Å². The van der Waals surface area contributed by atoms with E-state index in [9.17, 15) is 14.7 Å². The average Bonchev–Trinajstić information content (AvgIpc) is 3.13. The molecule has 1 aliphatic rings. The molecule has 3 aromatic rings. The molecule has 27 heavy (non-hydrogen) atoms. The number of aromatic nitrogens is 3. The van der Waals surface area contributed by atoms with Crippen molar-refractivity contribution in [2.45, 2.75) is 6.92 Å². The number of carbonyl (C=O) groups is 2. The van der Waals surface area contributed by atoms with Gasteiger partial charge in [0.25, 0.3) is 5.91 Å². The summed E-state index contributed by atoms with van der Waals surface area (Å²) in [7, 11) is 0. The highest BCUT2D eigenvalue weighted by atomic mass is 16.3. The molecule has 8 nitrogen and oxygen atoms in total. The maximum atomic E-state index is 13.0. The molecule has 0 aliphatic carbocycles. The molecular formula is C19H19N5O3. The van der Waals surface area contributed by atoms with E-state index in [2.05, 4.69) is 10.1 Å². The molecule has 4 rings (SSSR count). The second-order valence-corrected chi connectivity index (χ2v) is 6.46. The van der Waals surface area contributed by atoms with Gasteiger partial charge >= 0.3 is 0 Å². The van der Waals surface area contributed by atoms with Gasteiger partial charge in [-0.2, -0.15) is 9.61 Å². The van der Waals surface area contributed by atoms with Crippen LogP contribution in [-0.2, 0) is 4.79 Å². The summed E-state index contributed by atoms with van der Waals surface area (Å²) in [6.07, 6.45) is 1.43. The van der Waals surface area contributed by atoms with Crippen LogP contribution in [0.3, 0.4) is 0 Å². The van der Waals surface area contributed by atoms with E-state index in [0.717, 1.165) is 5.56 Å². The molecule has 1 fully saturated rings. The third-order valence-corrected chi connectivity index (χ3v) is 4.77. The second kappa shape index (κ2) is 6.71. The number of piperazine rings is 1. The van der Waals surface area contributed by atoms with Crippen molar-refractivity contribution >= 4 is 17.5 Å². The molecule has 0 atom stereocenters. The molecular weight excluding hydrogens is 346 g/mol. The number of aromatic hydroxyl groups is 1. The van der Waals surface area contributed by atoms with Gasteiger partial charge < -0.3 is 14.9 Å². The Morgan fingerprint density at radius 3 is 2.37 bits per heavy atom. The van der Waals surface area contributed by atoms with Gasteiger partial charge in [-0.05, 0) is 0 Å². The van der Waals surface area contributed by atoms with E-state index >= 15 is 0 Å². The first kappa shape index (κ1) is 17.0. The third kappa shape index (κ3) is 3.10. The lowest BCUT2D eigenvalue weighted by Gasteiger charge is -2.34. The van der Waals surface area contributed by atoms with Crippen LogP contribution in [0, 0.1) is 0 Å². The first-order valence-corrected chi connectivity index (χ1v) is 8.72. The molecule has 0 unspecified atom stereocenters. The Hall–Kier alpha value is -3.42. The number of hydrogen-bond donors (Lipinski definition) is 1. The van der Waals surface area contributed by atoms with E-state index in [1.165, 1.54) is 23.7 Å². The summed E-state index contributed by atoms with van der Waals surface area (Å²) in [6.45, 7) is 3.46. The molecule has 1 aromatic carbocycles. The van der Waals surface area contributed by atoms with E-state index in [1.54, 1.807) is 9.80 Å². The van der Waals surface area contributed by atoms with Crippen molar-refractivity contribution < 1.29 is 14.7 Å². The van der Waals surface area contributed by atoms with Gasteiger partial charge in [-0.15, -0.1) is 0 Å². The number of carbonyl (C=O) groups excluding carboxylic acids is 2. The summed E-state index contributed by atoms with van der Waals surface area (Å²) in [5.74, 6) is -0.276. The van der Waals surface area contributed by atoms with Gasteiger partial charge in [0.2, 0.25) is 11.8 Å². The van der Waals surface area contributed by atoms with Crippen molar-refractivity contribution in [3.8, 4) is 17.1 Å². The molecule has 8 heteroatoms. The Bertz CT molecular complexity index is 1010. The van der Waals surface area contributed by atoms with Crippen LogP contribution in [0.1, 0.15) is 17.3 Å². The molecule has 1 N–H and O–H groups in total. The van der Waals surface area contributed by atoms with Crippen molar-refractivity contribution in [1.82, 2.24) is 24.4 Å². The molecule has 0 bridgehead atoms. The van der Waals surface area contributed by atoms with Crippen LogP contribution < -0.4 is 0 Å². The Kier molecular flexibility index (Phi) is 4.23. The fraction of sp³-hybridized carbons (Fsp3) is 0.263. The van der Waals surface area contributed by atoms with Crippen LogP contribution >= 0.6 is 0 Å². The fourth-order valence-corrected chi connectivity index (χ4v) is 3.25. The van der Waals surface area contributed by atoms with Crippen LogP contribution in [0.2, 0.25) is 0 Å². The monoisotopic (exact) mass is 365 g/mol. The topological polar surface area (TPSA) is 91.0 Å². The molecule has 3 heterocycles. The first-order valence-electron chi connectivity index (χ1n) is 8.72. The number of fused-ring (bicyclic) bond motifs is 1. The number of nitrogens with zero attached hydrogens (tertiary/aromatic N) is 5. The van der Waals surface area contributed by atoms with Crippen molar-refractivity contribution in [1.29, 1.82) is 0 Å². The van der Waals surface area contributed by atoms with Gasteiger partial charge in [0.05, 0.1) is 11.9 Å². The Balaban J connectivity index is 1.67. The minimum atomic E-state index is -0.203. The summed E-state index contributed by atoms with van der Waals surface area (Å²) in [4.78, 5) is 32.4. The van der Waals surface area contributed by atoms with Crippen LogP contribution in [0.25, 0.3) is 16.9 Å². The predicted octanol–water partition coefficient (Wildman–Crippen LogP) is 1.41. The quantitative estimate of drug-likeness (QED) is 0.741. The number of rotatable bonds is 2. The highest BCUT2D eigenvalue weighted by Crippen LogP contribution is 2.24. The Morgan fingerprint density at radius 1 is 1.04 bits per heavy atom. The lowest BCUT2D eigenvalue weighted by Crippen LogP contribution is -2.50. The zero-order valence-corrected chi connectivity index (χ0v) is 14.9. The molecule has 1 saturated heterocycles. The van der Waals surface area contributed by atoms with Gasteiger partial charge in [-0.25, -0.2) is 4.98 Å². The maximum absolute atomic E-state index is 13.0. The smallest absolute Gasteiger partial charge is 0.259 e. The van der Waals surface area contributed by atoms with Crippen LogP contribution in [0.4, 0.5) is 0 Å². The molecule has 1 aliphatic heterocycles. The normalized spacial score (nSPS) is 14.6. The van der Waals surface area contributed by atoms with E-state index in [0.29, 0.717) is 43.1 Å². The number of hydrogen-bond acceptors (Lipinski definition) is 5. The van der Waals surface area contributed by atoms with E-state index in [4.69, 9.17) is 0 Å². The van der Waals surface area contributed by atoms with Crippen molar-refractivity contribution in [3.05, 3.63) is 48.2 Å². The average molecular weight is 365 g/mol. The summed E-state index contributed by atoms with van der Waals surface area (Å²) in [5, 5.41) is 14.4. The molecule has 0 radical (unpaired) electrons. The molecule has 2 aromatic heterocycles. The second-order valence-electron chi connectivity index (χ2n) is 6.46. The van der Waals surface area contributed by atoms with Crippen LogP contribution in [-0.4, -0.2) is 67.5 Å².